The van der Waals surface area contributed by atoms with Gasteiger partial charge in [-0.25, -0.2) is 4.79 Å². The van der Waals surface area contributed by atoms with E-state index < -0.39 is 21.7 Å². The molecule has 0 saturated carbocycles. The van der Waals surface area contributed by atoms with Gasteiger partial charge >= 0.3 is 5.97 Å². The molecule has 7 heteroatoms. The molecule has 1 fully saturated rings. The van der Waals surface area contributed by atoms with E-state index in [-0.39, 0.29) is 21.8 Å². The van der Waals surface area contributed by atoms with Crippen LogP contribution in [0.25, 0.3) is 5.57 Å². The highest BCUT2D eigenvalue weighted by molar-refractivity contribution is 7.86. The number of hydrogen-bond acceptors (Lipinski definition) is 4. The monoisotopic (exact) mass is 307 g/mol. The van der Waals surface area contributed by atoms with E-state index in [9.17, 15) is 19.1 Å². The molecule has 6 nitrogen and oxygen atoms in total. The lowest BCUT2D eigenvalue weighted by Gasteiger charge is -2.19. The van der Waals surface area contributed by atoms with Crippen LogP contribution in [0.5, 0.6) is 0 Å². The third kappa shape index (κ3) is 2.37. The van der Waals surface area contributed by atoms with Gasteiger partial charge < -0.3 is 5.11 Å². The van der Waals surface area contributed by atoms with Crippen molar-refractivity contribution < 1.29 is 19.0 Å². The smallest absolute Gasteiger partial charge is 0.335 e. The molecule has 1 saturated heterocycles. The summed E-state index contributed by atoms with van der Waals surface area (Å²) in [5, 5.41) is 20.2. The van der Waals surface area contributed by atoms with Gasteiger partial charge in [0.1, 0.15) is 0 Å². The number of hydrogen-bond donors (Lipinski definition) is 1. The molecular weight excluding hydrogens is 294 g/mol. The summed E-state index contributed by atoms with van der Waals surface area (Å²) >= 11 is 0. The Balaban J connectivity index is 2.07. The van der Waals surface area contributed by atoms with E-state index in [1.807, 2.05) is 6.08 Å². The molecule has 0 amide bonds. The van der Waals surface area contributed by atoms with Crippen molar-refractivity contribution in [3.8, 4) is 0 Å². The van der Waals surface area contributed by atoms with Crippen molar-refractivity contribution in [2.75, 3.05) is 0 Å². The Morgan fingerprint density at radius 1 is 1.38 bits per heavy atom. The van der Waals surface area contributed by atoms with Crippen molar-refractivity contribution >= 4 is 28.0 Å². The molecule has 2 bridgehead atoms. The predicted octanol–water partition coefficient (Wildman–Crippen LogP) is 2.36. The summed E-state index contributed by atoms with van der Waals surface area (Å²) in [6.07, 6.45) is 4.14. The average Bonchev–Trinajstić information content (AvgIpc) is 2.67. The van der Waals surface area contributed by atoms with Gasteiger partial charge in [-0.05, 0) is 37.0 Å². The molecule has 110 valence electrons. The van der Waals surface area contributed by atoms with Crippen LogP contribution in [-0.4, -0.2) is 30.7 Å². The fraction of sp³-hybridized carbons (Fsp3) is 0.357. The van der Waals surface area contributed by atoms with Crippen molar-refractivity contribution in [2.24, 2.45) is 0 Å². The van der Waals surface area contributed by atoms with Crippen LogP contribution in [0.1, 0.15) is 35.2 Å². The van der Waals surface area contributed by atoms with Gasteiger partial charge in [0.05, 0.1) is 21.3 Å². The maximum atomic E-state index is 12.0. The summed E-state index contributed by atoms with van der Waals surface area (Å²) in [7, 11) is -0.882. The van der Waals surface area contributed by atoms with Crippen LogP contribution in [0.4, 0.5) is 5.69 Å². The van der Waals surface area contributed by atoms with Gasteiger partial charge in [-0.3, -0.25) is 14.3 Å². The standard InChI is InChI=1S/C14H13NO5S/c16-14(17)8-1-4-12(13(7-8)15(18)19)9-5-10-2-3-11(6-9)21(10)20/h1,4-5,7,10-11H,2-3,6H2,(H,16,17). The van der Waals surface area contributed by atoms with Crippen molar-refractivity contribution in [3.63, 3.8) is 0 Å². The highest BCUT2D eigenvalue weighted by atomic mass is 32.2. The van der Waals surface area contributed by atoms with Crippen molar-refractivity contribution in [3.05, 3.63) is 45.5 Å². The Bertz CT molecular complexity index is 697. The third-order valence-electron chi connectivity index (χ3n) is 4.02. The minimum Gasteiger partial charge on any atom is -0.478 e. The van der Waals surface area contributed by atoms with Gasteiger partial charge in [0.15, 0.2) is 0 Å². The number of carboxylic acids is 1. The molecule has 1 aromatic rings. The van der Waals surface area contributed by atoms with E-state index in [1.54, 1.807) is 0 Å². The maximum Gasteiger partial charge on any atom is 0.335 e. The molecule has 2 heterocycles. The molecule has 2 aliphatic rings. The molecule has 0 aromatic heterocycles. The van der Waals surface area contributed by atoms with Gasteiger partial charge in [0, 0.05) is 22.1 Å². The van der Waals surface area contributed by atoms with Crippen LogP contribution >= 0.6 is 0 Å². The van der Waals surface area contributed by atoms with Gasteiger partial charge in [0.2, 0.25) is 0 Å². The molecule has 0 spiro atoms. The summed E-state index contributed by atoms with van der Waals surface area (Å²) in [4.78, 5) is 21.6. The number of nitro groups is 1. The largest absolute Gasteiger partial charge is 0.478 e. The Morgan fingerprint density at radius 3 is 2.76 bits per heavy atom. The second kappa shape index (κ2) is 5.07. The molecule has 2 aliphatic heterocycles. The minimum atomic E-state index is -1.19. The zero-order valence-corrected chi connectivity index (χ0v) is 11.8. The van der Waals surface area contributed by atoms with E-state index in [0.29, 0.717) is 12.0 Å². The van der Waals surface area contributed by atoms with E-state index in [4.69, 9.17) is 5.11 Å². The number of aromatic carboxylic acids is 1. The number of rotatable bonds is 3. The van der Waals surface area contributed by atoms with E-state index in [1.165, 1.54) is 12.1 Å². The third-order valence-corrected chi connectivity index (χ3v) is 6.05. The van der Waals surface area contributed by atoms with Crippen LogP contribution in [-0.2, 0) is 10.8 Å². The number of allylic oxidation sites excluding steroid dienone is 1. The van der Waals surface area contributed by atoms with Gasteiger partial charge in [-0.2, -0.15) is 0 Å². The van der Waals surface area contributed by atoms with Crippen LogP contribution < -0.4 is 0 Å². The molecule has 3 atom stereocenters. The Hall–Kier alpha value is -2.02. The van der Waals surface area contributed by atoms with Gasteiger partial charge in [0.25, 0.3) is 5.69 Å². The SMILES string of the molecule is O=C(O)c1ccc(C2=CC3CCC(C2)S3=O)c([N+](=O)[O-])c1. The summed E-state index contributed by atoms with van der Waals surface area (Å²) in [6, 6.07) is 3.95. The van der Waals surface area contributed by atoms with Crippen molar-refractivity contribution in [2.45, 2.75) is 29.8 Å². The van der Waals surface area contributed by atoms with Crippen LogP contribution in [0.3, 0.4) is 0 Å². The minimum absolute atomic E-state index is 0.0301. The highest BCUT2D eigenvalue weighted by Crippen LogP contribution is 2.40. The second-order valence-corrected chi connectivity index (χ2v) is 7.19. The van der Waals surface area contributed by atoms with E-state index in [0.717, 1.165) is 24.5 Å². The quantitative estimate of drug-likeness (QED) is 0.683. The molecule has 0 aliphatic carbocycles. The first-order valence-corrected chi connectivity index (χ1v) is 7.87. The van der Waals surface area contributed by atoms with Crippen LogP contribution in [0.2, 0.25) is 0 Å². The lowest BCUT2D eigenvalue weighted by atomic mass is 9.97. The Kier molecular flexibility index (Phi) is 3.36. The van der Waals surface area contributed by atoms with Crippen LogP contribution in [0.15, 0.2) is 24.3 Å². The number of carboxylic acid groups (broad SMARTS) is 1. The number of fused-ring (bicyclic) bond motifs is 2. The molecule has 3 unspecified atom stereocenters. The normalized spacial score (nSPS) is 27.2. The first kappa shape index (κ1) is 13.9. The summed E-state index contributed by atoms with van der Waals surface area (Å²) in [6.45, 7) is 0. The average molecular weight is 307 g/mol. The Labute approximate surface area is 123 Å². The first-order valence-electron chi connectivity index (χ1n) is 6.59. The lowest BCUT2D eigenvalue weighted by molar-refractivity contribution is -0.385. The maximum absolute atomic E-state index is 12.0. The summed E-state index contributed by atoms with van der Waals surface area (Å²) in [5.74, 6) is -1.19. The zero-order valence-electron chi connectivity index (χ0n) is 11.0. The Morgan fingerprint density at radius 2 is 2.14 bits per heavy atom. The molecule has 3 rings (SSSR count). The number of carbonyl (C=O) groups is 1. The van der Waals surface area contributed by atoms with E-state index in [2.05, 4.69) is 0 Å². The van der Waals surface area contributed by atoms with Gasteiger partial charge in [-0.15, -0.1) is 0 Å². The number of benzene rings is 1. The molecular formula is C14H13NO5S. The molecule has 1 N–H and O–H groups in total. The summed E-state index contributed by atoms with van der Waals surface area (Å²) in [5.41, 5.74) is 0.950. The topological polar surface area (TPSA) is 97.5 Å². The number of nitrogens with zero attached hydrogens (tertiary/aromatic N) is 1. The van der Waals surface area contributed by atoms with Crippen molar-refractivity contribution in [1.29, 1.82) is 0 Å². The fourth-order valence-corrected chi connectivity index (χ4v) is 4.86. The zero-order chi connectivity index (χ0) is 15.1. The lowest BCUT2D eigenvalue weighted by Crippen LogP contribution is -2.20. The van der Waals surface area contributed by atoms with Crippen LogP contribution in [0, 0.1) is 10.1 Å². The molecule has 21 heavy (non-hydrogen) atoms. The number of nitro benzene ring substituents is 1. The fourth-order valence-electron chi connectivity index (χ4n) is 2.99. The molecule has 1 aromatic carbocycles. The summed E-state index contributed by atoms with van der Waals surface area (Å²) < 4.78 is 12.0. The first-order chi connectivity index (χ1) is 9.97. The second-order valence-electron chi connectivity index (χ2n) is 5.26. The molecule has 0 radical (unpaired) electrons. The predicted molar refractivity (Wildman–Crippen MR) is 77.6 cm³/mol. The van der Waals surface area contributed by atoms with Crippen molar-refractivity contribution in [1.82, 2.24) is 0 Å². The van der Waals surface area contributed by atoms with Gasteiger partial charge in [-0.1, -0.05) is 6.08 Å². The highest BCUT2D eigenvalue weighted by Gasteiger charge is 2.37. The van der Waals surface area contributed by atoms with E-state index >= 15 is 0 Å².